The monoisotopic (exact) mass is 342 g/mol. The van der Waals surface area contributed by atoms with E-state index in [1.165, 1.54) is 0 Å². The third kappa shape index (κ3) is 3.03. The van der Waals surface area contributed by atoms with Gasteiger partial charge in [-0.2, -0.15) is 0 Å². The van der Waals surface area contributed by atoms with Crippen molar-refractivity contribution >= 4 is 28.7 Å². The van der Waals surface area contributed by atoms with E-state index in [2.05, 4.69) is 20.3 Å². The first-order valence-electron chi connectivity index (χ1n) is 6.62. The number of rotatable bonds is 7. The maximum absolute atomic E-state index is 11.2. The minimum atomic E-state index is -2.71. The number of carbonyl (C=O) groups excluding carboxylic acids is 1. The SMILES string of the molecule is C[C@@H](O)[C@@H](O)[C@H](O)[C@@](O)(C=O)Nc1ccc([N+](=O)[O-])c2nonc12. The summed E-state index contributed by atoms with van der Waals surface area (Å²) in [5.74, 6) is 0. The summed E-state index contributed by atoms with van der Waals surface area (Å²) in [6.07, 6.45) is -5.50. The number of anilines is 1. The largest absolute Gasteiger partial charge is 0.391 e. The molecule has 2 aromatic rings. The Labute approximate surface area is 133 Å². The number of benzene rings is 1. The van der Waals surface area contributed by atoms with Crippen LogP contribution < -0.4 is 5.32 Å². The van der Waals surface area contributed by atoms with E-state index >= 15 is 0 Å². The lowest BCUT2D eigenvalue weighted by Crippen LogP contribution is -2.58. The first kappa shape index (κ1) is 17.7. The highest BCUT2D eigenvalue weighted by Crippen LogP contribution is 2.30. The van der Waals surface area contributed by atoms with Crippen LogP contribution in [0.1, 0.15) is 6.92 Å². The van der Waals surface area contributed by atoms with Gasteiger partial charge in [-0.1, -0.05) is 0 Å². The van der Waals surface area contributed by atoms with E-state index in [4.69, 9.17) is 0 Å². The molecule has 0 saturated heterocycles. The molecule has 12 heteroatoms. The standard InChI is InChI=1S/C12H14N4O8/c1-5(18)10(19)11(20)12(21,4-17)13-6-2-3-7(16(22)23)9-8(6)14-24-15-9/h2-5,10-11,13,18-21H,1H3/t5-,10-,11+,12+/m1/s1. The maximum Gasteiger partial charge on any atom is 0.300 e. The van der Waals surface area contributed by atoms with Crippen LogP contribution in [-0.2, 0) is 4.79 Å². The molecule has 1 heterocycles. The molecule has 12 nitrogen and oxygen atoms in total. The number of nitrogens with zero attached hydrogens (tertiary/aromatic N) is 3. The first-order valence-corrected chi connectivity index (χ1v) is 6.62. The molecule has 0 aliphatic rings. The molecule has 24 heavy (non-hydrogen) atoms. The Morgan fingerprint density at radius 1 is 1.33 bits per heavy atom. The molecule has 1 aromatic heterocycles. The Bertz CT molecular complexity index is 763. The molecule has 0 amide bonds. The van der Waals surface area contributed by atoms with Crippen LogP contribution >= 0.6 is 0 Å². The topological polar surface area (TPSA) is 192 Å². The number of hydrogen-bond donors (Lipinski definition) is 5. The van der Waals surface area contributed by atoms with Gasteiger partial charge in [0.1, 0.15) is 12.2 Å². The molecule has 0 aliphatic carbocycles. The van der Waals surface area contributed by atoms with Crippen molar-refractivity contribution in [3.05, 3.63) is 22.2 Å². The van der Waals surface area contributed by atoms with Crippen LogP contribution in [0, 0.1) is 10.1 Å². The third-order valence-corrected chi connectivity index (χ3v) is 3.37. The van der Waals surface area contributed by atoms with Gasteiger partial charge in [0.05, 0.1) is 16.7 Å². The van der Waals surface area contributed by atoms with Crippen molar-refractivity contribution in [3.63, 3.8) is 0 Å². The van der Waals surface area contributed by atoms with E-state index in [1.807, 2.05) is 0 Å². The van der Waals surface area contributed by atoms with Crippen molar-refractivity contribution in [2.24, 2.45) is 0 Å². The third-order valence-electron chi connectivity index (χ3n) is 3.37. The number of nitro groups is 1. The van der Waals surface area contributed by atoms with Gasteiger partial charge in [-0.25, -0.2) is 4.63 Å². The average Bonchev–Trinajstić information content (AvgIpc) is 3.03. The van der Waals surface area contributed by atoms with E-state index < -0.39 is 34.6 Å². The lowest BCUT2D eigenvalue weighted by Gasteiger charge is -2.33. The van der Waals surface area contributed by atoms with Gasteiger partial charge in [0.25, 0.3) is 0 Å². The van der Waals surface area contributed by atoms with E-state index in [9.17, 15) is 35.3 Å². The molecule has 2 rings (SSSR count). The van der Waals surface area contributed by atoms with E-state index in [0.717, 1.165) is 19.1 Å². The van der Waals surface area contributed by atoms with Gasteiger partial charge in [0.15, 0.2) is 11.8 Å². The molecule has 130 valence electrons. The molecule has 0 unspecified atom stereocenters. The van der Waals surface area contributed by atoms with Gasteiger partial charge in [0.2, 0.25) is 11.2 Å². The molecular weight excluding hydrogens is 328 g/mol. The second-order valence-electron chi connectivity index (χ2n) is 5.10. The van der Waals surface area contributed by atoms with Crippen LogP contribution in [0.4, 0.5) is 11.4 Å². The number of carbonyl (C=O) groups is 1. The highest BCUT2D eigenvalue weighted by Gasteiger charge is 2.42. The molecule has 1 aromatic carbocycles. The highest BCUT2D eigenvalue weighted by atomic mass is 16.6. The average molecular weight is 342 g/mol. The molecule has 0 saturated carbocycles. The molecule has 0 aliphatic heterocycles. The molecule has 4 atom stereocenters. The minimum Gasteiger partial charge on any atom is -0.391 e. The van der Waals surface area contributed by atoms with Crippen molar-refractivity contribution in [2.45, 2.75) is 31.0 Å². The van der Waals surface area contributed by atoms with Gasteiger partial charge in [0, 0.05) is 6.07 Å². The lowest BCUT2D eigenvalue weighted by atomic mass is 9.98. The minimum absolute atomic E-state index is 0.0932. The number of hydrogen-bond acceptors (Lipinski definition) is 11. The number of fused-ring (bicyclic) bond motifs is 1. The Morgan fingerprint density at radius 2 is 1.96 bits per heavy atom. The summed E-state index contributed by atoms with van der Waals surface area (Å²) >= 11 is 0. The van der Waals surface area contributed by atoms with Crippen molar-refractivity contribution in [3.8, 4) is 0 Å². The molecule has 0 radical (unpaired) electrons. The van der Waals surface area contributed by atoms with Gasteiger partial charge >= 0.3 is 5.69 Å². The summed E-state index contributed by atoms with van der Waals surface area (Å²) in [6.45, 7) is 1.14. The summed E-state index contributed by atoms with van der Waals surface area (Å²) in [7, 11) is 0. The molecule has 0 spiro atoms. The number of aliphatic hydroxyl groups is 4. The number of aldehydes is 1. The van der Waals surface area contributed by atoms with Gasteiger partial charge in [-0.15, -0.1) is 0 Å². The molecular formula is C12H14N4O8. The van der Waals surface area contributed by atoms with Crippen molar-refractivity contribution < 1.29 is 34.8 Å². The van der Waals surface area contributed by atoms with Gasteiger partial charge in [-0.3, -0.25) is 14.9 Å². The predicted molar refractivity (Wildman–Crippen MR) is 76.8 cm³/mol. The summed E-state index contributed by atoms with van der Waals surface area (Å²) in [5, 5.41) is 59.0. The number of non-ortho nitro benzene ring substituents is 1. The summed E-state index contributed by atoms with van der Waals surface area (Å²) in [6, 6.07) is 2.14. The lowest BCUT2D eigenvalue weighted by molar-refractivity contribution is -0.383. The van der Waals surface area contributed by atoms with Crippen LogP contribution in [0.15, 0.2) is 16.8 Å². The second kappa shape index (κ2) is 6.45. The Kier molecular flexibility index (Phi) is 4.75. The number of nitrogens with one attached hydrogen (secondary N) is 1. The van der Waals surface area contributed by atoms with Gasteiger partial charge < -0.3 is 25.7 Å². The van der Waals surface area contributed by atoms with E-state index in [-0.39, 0.29) is 23.0 Å². The fourth-order valence-electron chi connectivity index (χ4n) is 2.01. The zero-order chi connectivity index (χ0) is 18.1. The van der Waals surface area contributed by atoms with Crippen molar-refractivity contribution in [1.82, 2.24) is 10.3 Å². The number of aliphatic hydroxyl groups excluding tert-OH is 3. The van der Waals surface area contributed by atoms with Gasteiger partial charge in [-0.05, 0) is 23.3 Å². The van der Waals surface area contributed by atoms with Crippen molar-refractivity contribution in [1.29, 1.82) is 0 Å². The van der Waals surface area contributed by atoms with Crippen molar-refractivity contribution in [2.75, 3.05) is 5.32 Å². The summed E-state index contributed by atoms with van der Waals surface area (Å²) < 4.78 is 4.42. The molecule has 0 bridgehead atoms. The number of nitro benzene ring substituents is 1. The number of aromatic nitrogens is 2. The Hall–Kier alpha value is -2.67. The van der Waals surface area contributed by atoms with E-state index in [0.29, 0.717) is 0 Å². The maximum atomic E-state index is 11.2. The van der Waals surface area contributed by atoms with E-state index in [1.54, 1.807) is 0 Å². The fourth-order valence-corrected chi connectivity index (χ4v) is 2.01. The van der Waals surface area contributed by atoms with Crippen LogP contribution in [0.3, 0.4) is 0 Å². The van der Waals surface area contributed by atoms with Crippen LogP contribution in [0.2, 0.25) is 0 Å². The zero-order valence-corrected chi connectivity index (χ0v) is 12.2. The zero-order valence-electron chi connectivity index (χ0n) is 12.2. The normalized spacial score (nSPS) is 17.7. The summed E-state index contributed by atoms with van der Waals surface area (Å²) in [4.78, 5) is 21.4. The molecule has 0 fully saturated rings. The quantitative estimate of drug-likeness (QED) is 0.171. The van der Waals surface area contributed by atoms with Crippen LogP contribution in [0.25, 0.3) is 11.0 Å². The fraction of sp³-hybridized carbons (Fsp3) is 0.417. The van der Waals surface area contributed by atoms with Crippen LogP contribution in [0.5, 0.6) is 0 Å². The predicted octanol–water partition coefficient (Wildman–Crippen LogP) is -1.47. The highest BCUT2D eigenvalue weighted by molar-refractivity contribution is 5.94. The Morgan fingerprint density at radius 3 is 2.50 bits per heavy atom. The first-order chi connectivity index (χ1) is 11.2. The summed E-state index contributed by atoms with van der Waals surface area (Å²) in [5.41, 5.74) is -3.68. The smallest absolute Gasteiger partial charge is 0.300 e. The Balaban J connectivity index is 2.44. The second-order valence-corrected chi connectivity index (χ2v) is 5.10. The molecule has 5 N–H and O–H groups in total. The van der Waals surface area contributed by atoms with Crippen LogP contribution in [-0.4, -0.2) is 66.0 Å².